The quantitative estimate of drug-likeness (QED) is 0.213. The van der Waals surface area contributed by atoms with Crippen molar-refractivity contribution in [1.29, 1.82) is 0 Å². The van der Waals surface area contributed by atoms with E-state index in [1.54, 1.807) is 0 Å². The Labute approximate surface area is 255 Å². The molecule has 43 heavy (non-hydrogen) atoms. The highest BCUT2D eigenvalue weighted by Crippen LogP contribution is 2.57. The molecule has 1 saturated carbocycles. The van der Waals surface area contributed by atoms with Gasteiger partial charge in [0.05, 0.1) is 11.4 Å². The Hall–Kier alpha value is -4.62. The zero-order chi connectivity index (χ0) is 28.6. The number of para-hydroxylation sites is 2. The molecule has 2 aliphatic carbocycles. The van der Waals surface area contributed by atoms with Crippen molar-refractivity contribution in [2.45, 2.75) is 49.9 Å². The smallest absolute Gasteiger partial charge is 0.0502 e. The first kappa shape index (κ1) is 26.0. The standard InChI is InChI=1S/C42H37N/c1-4-14-31(15-5-1)34-28-35(32-16-6-2-7-17-32)30-36(29-34)33-22-24-37(25-23-33)43-40-20-10-8-18-38(40)42(26-12-3-13-27-42)39-19-9-11-21-41(39)43/h1-2,4-11,14-16,18-25,28-30,32H,3,12-13,17,26-27H2. The summed E-state index contributed by atoms with van der Waals surface area (Å²) in [5.74, 6) is 0.403. The van der Waals surface area contributed by atoms with Crippen LogP contribution >= 0.6 is 0 Å². The van der Waals surface area contributed by atoms with Crippen LogP contribution in [0.1, 0.15) is 61.1 Å². The lowest BCUT2D eigenvalue weighted by Gasteiger charge is -2.47. The first-order chi connectivity index (χ1) is 21.3. The number of hydrogen-bond acceptors (Lipinski definition) is 1. The van der Waals surface area contributed by atoms with E-state index in [4.69, 9.17) is 0 Å². The monoisotopic (exact) mass is 555 g/mol. The normalized spacial score (nSPS) is 18.3. The number of hydrogen-bond donors (Lipinski definition) is 0. The van der Waals surface area contributed by atoms with Crippen molar-refractivity contribution in [3.63, 3.8) is 0 Å². The fraction of sp³-hybridized carbons (Fsp3) is 0.190. The van der Waals surface area contributed by atoms with Gasteiger partial charge in [0.25, 0.3) is 0 Å². The Morgan fingerprint density at radius 1 is 0.535 bits per heavy atom. The molecule has 0 saturated heterocycles. The Balaban J connectivity index is 1.22. The molecule has 3 aliphatic rings. The van der Waals surface area contributed by atoms with E-state index < -0.39 is 0 Å². The molecular weight excluding hydrogens is 518 g/mol. The maximum atomic E-state index is 2.50. The van der Waals surface area contributed by atoms with Gasteiger partial charge >= 0.3 is 0 Å². The minimum absolute atomic E-state index is 0.124. The van der Waals surface area contributed by atoms with Gasteiger partial charge in [-0.05, 0) is 88.5 Å². The van der Waals surface area contributed by atoms with Crippen molar-refractivity contribution < 1.29 is 0 Å². The number of benzene rings is 5. The minimum Gasteiger partial charge on any atom is -0.310 e. The van der Waals surface area contributed by atoms with Gasteiger partial charge in [-0.25, -0.2) is 0 Å². The fourth-order valence-corrected chi connectivity index (χ4v) is 7.85. The van der Waals surface area contributed by atoms with Crippen LogP contribution in [0, 0.1) is 0 Å². The predicted molar refractivity (Wildman–Crippen MR) is 181 cm³/mol. The summed E-state index contributed by atoms with van der Waals surface area (Å²) in [6, 6.07) is 45.5. The lowest BCUT2D eigenvalue weighted by molar-refractivity contribution is 0.344. The summed E-state index contributed by atoms with van der Waals surface area (Å²) in [7, 11) is 0. The Morgan fingerprint density at radius 2 is 1.14 bits per heavy atom. The molecule has 1 nitrogen and oxygen atoms in total. The molecule has 5 aromatic rings. The van der Waals surface area contributed by atoms with Crippen LogP contribution in [0.15, 0.2) is 146 Å². The number of allylic oxidation sites excluding steroid dienone is 4. The van der Waals surface area contributed by atoms with Gasteiger partial charge in [0.15, 0.2) is 0 Å². The second-order valence-electron chi connectivity index (χ2n) is 12.4. The van der Waals surface area contributed by atoms with E-state index in [-0.39, 0.29) is 5.41 Å². The average Bonchev–Trinajstić information content (AvgIpc) is 3.10. The molecule has 1 aliphatic heterocycles. The largest absolute Gasteiger partial charge is 0.310 e. The molecule has 0 amide bonds. The molecule has 1 spiro atoms. The van der Waals surface area contributed by atoms with Crippen LogP contribution in [0.5, 0.6) is 0 Å². The van der Waals surface area contributed by atoms with E-state index in [1.807, 2.05) is 0 Å². The van der Waals surface area contributed by atoms with E-state index in [0.717, 1.165) is 6.42 Å². The number of rotatable bonds is 4. The topological polar surface area (TPSA) is 3.24 Å². The summed E-state index contributed by atoms with van der Waals surface area (Å²) >= 11 is 0. The van der Waals surface area contributed by atoms with Crippen LogP contribution < -0.4 is 4.90 Å². The lowest BCUT2D eigenvalue weighted by Crippen LogP contribution is -2.37. The summed E-state index contributed by atoms with van der Waals surface area (Å²) in [5.41, 5.74) is 13.4. The predicted octanol–water partition coefficient (Wildman–Crippen LogP) is 11.7. The number of nitrogens with zero attached hydrogens (tertiary/aromatic N) is 1. The third kappa shape index (κ3) is 4.55. The van der Waals surface area contributed by atoms with E-state index >= 15 is 0 Å². The van der Waals surface area contributed by atoms with E-state index in [2.05, 4.69) is 151 Å². The molecule has 0 N–H and O–H groups in total. The molecule has 5 aromatic carbocycles. The molecule has 1 atom stereocenters. The van der Waals surface area contributed by atoms with Crippen molar-refractivity contribution in [2.24, 2.45) is 0 Å². The summed E-state index contributed by atoms with van der Waals surface area (Å²) < 4.78 is 0. The molecule has 1 fully saturated rings. The zero-order valence-corrected chi connectivity index (χ0v) is 24.6. The van der Waals surface area contributed by atoms with E-state index in [9.17, 15) is 0 Å². The molecule has 0 radical (unpaired) electrons. The maximum Gasteiger partial charge on any atom is 0.0502 e. The van der Waals surface area contributed by atoms with Gasteiger partial charge < -0.3 is 4.90 Å². The first-order valence-corrected chi connectivity index (χ1v) is 15.9. The van der Waals surface area contributed by atoms with Crippen LogP contribution in [0.3, 0.4) is 0 Å². The van der Waals surface area contributed by atoms with Gasteiger partial charge in [-0.1, -0.05) is 135 Å². The van der Waals surface area contributed by atoms with Gasteiger partial charge in [-0.15, -0.1) is 0 Å². The highest BCUT2D eigenvalue weighted by Gasteiger charge is 2.43. The molecular formula is C42H37N. The van der Waals surface area contributed by atoms with Crippen LogP contribution in [0.4, 0.5) is 17.1 Å². The Kier molecular flexibility index (Phi) is 6.60. The second kappa shape index (κ2) is 10.9. The summed E-state index contributed by atoms with van der Waals surface area (Å²) in [6.07, 6.45) is 16.4. The van der Waals surface area contributed by atoms with Crippen LogP contribution in [-0.4, -0.2) is 0 Å². The van der Waals surface area contributed by atoms with Crippen molar-refractivity contribution in [2.75, 3.05) is 4.90 Å². The number of anilines is 3. The Morgan fingerprint density at radius 3 is 1.77 bits per heavy atom. The molecule has 1 heteroatoms. The number of fused-ring (bicyclic) bond motifs is 4. The lowest BCUT2D eigenvalue weighted by atomic mass is 9.63. The van der Waals surface area contributed by atoms with E-state index in [1.165, 1.54) is 88.1 Å². The van der Waals surface area contributed by atoms with Crippen molar-refractivity contribution >= 4 is 17.1 Å². The van der Waals surface area contributed by atoms with Crippen LogP contribution in [-0.2, 0) is 5.41 Å². The molecule has 1 heterocycles. The maximum absolute atomic E-state index is 2.50. The summed E-state index contributed by atoms with van der Waals surface area (Å²) in [6.45, 7) is 0. The molecule has 0 bridgehead atoms. The summed E-state index contributed by atoms with van der Waals surface area (Å²) in [5, 5.41) is 0. The third-order valence-electron chi connectivity index (χ3n) is 9.96. The highest BCUT2D eigenvalue weighted by atomic mass is 15.2. The van der Waals surface area contributed by atoms with Gasteiger partial charge in [0, 0.05) is 17.0 Å². The van der Waals surface area contributed by atoms with E-state index in [0.29, 0.717) is 5.92 Å². The van der Waals surface area contributed by atoms with Gasteiger partial charge in [-0.3, -0.25) is 0 Å². The second-order valence-corrected chi connectivity index (χ2v) is 12.4. The first-order valence-electron chi connectivity index (χ1n) is 15.9. The van der Waals surface area contributed by atoms with Crippen molar-refractivity contribution in [1.82, 2.24) is 0 Å². The van der Waals surface area contributed by atoms with Crippen LogP contribution in [0.25, 0.3) is 22.3 Å². The molecule has 1 unspecified atom stereocenters. The molecule has 0 aromatic heterocycles. The van der Waals surface area contributed by atoms with Crippen LogP contribution in [0.2, 0.25) is 0 Å². The van der Waals surface area contributed by atoms with Gasteiger partial charge in [0.2, 0.25) is 0 Å². The minimum atomic E-state index is 0.124. The van der Waals surface area contributed by atoms with Gasteiger partial charge in [-0.2, -0.15) is 0 Å². The fourth-order valence-electron chi connectivity index (χ4n) is 7.85. The average molecular weight is 556 g/mol. The Bertz CT molecular complexity index is 1770. The third-order valence-corrected chi connectivity index (χ3v) is 9.96. The zero-order valence-electron chi connectivity index (χ0n) is 24.6. The van der Waals surface area contributed by atoms with Crippen molar-refractivity contribution in [3.05, 3.63) is 162 Å². The van der Waals surface area contributed by atoms with Gasteiger partial charge in [0.1, 0.15) is 0 Å². The SMILES string of the molecule is C1=CCC(c2cc(-c3ccccc3)cc(-c3ccc(N4c5ccccc5C5(CCCCC5)c5ccccc54)cc3)c2)C=C1. The van der Waals surface area contributed by atoms with Crippen molar-refractivity contribution in [3.8, 4) is 22.3 Å². The molecule has 210 valence electrons. The molecule has 8 rings (SSSR count). The summed E-state index contributed by atoms with van der Waals surface area (Å²) in [4.78, 5) is 2.50. The highest BCUT2D eigenvalue weighted by molar-refractivity contribution is 5.87.